The second-order valence-corrected chi connectivity index (χ2v) is 5.27. The number of carbonyl (C=O) groups excluding carboxylic acids is 1. The summed E-state index contributed by atoms with van der Waals surface area (Å²) in [6, 6.07) is 7.11. The van der Waals surface area contributed by atoms with E-state index in [0.717, 1.165) is 5.56 Å². The molecule has 0 saturated carbocycles. The van der Waals surface area contributed by atoms with Crippen LogP contribution in [0.4, 0.5) is 0 Å². The Morgan fingerprint density at radius 3 is 2.86 bits per heavy atom. The van der Waals surface area contributed by atoms with Gasteiger partial charge in [0.2, 0.25) is 0 Å². The summed E-state index contributed by atoms with van der Waals surface area (Å²) in [7, 11) is 0. The standard InChI is InChI=1S/C14H20N4O3/c1-10(15)11-5-4-6-12(7-11)20-8-13(19)21-14(2,3)9-17-18-16/h4-7,10H,8-9,15H2,1-3H3. The van der Waals surface area contributed by atoms with Crippen molar-refractivity contribution in [2.75, 3.05) is 13.2 Å². The van der Waals surface area contributed by atoms with E-state index in [2.05, 4.69) is 10.0 Å². The number of hydrogen-bond acceptors (Lipinski definition) is 5. The number of ether oxygens (including phenoxy) is 2. The minimum absolute atomic E-state index is 0.0649. The van der Waals surface area contributed by atoms with Crippen molar-refractivity contribution < 1.29 is 14.3 Å². The summed E-state index contributed by atoms with van der Waals surface area (Å²) in [5.74, 6) is 0.0222. The number of rotatable bonds is 7. The van der Waals surface area contributed by atoms with Crippen LogP contribution in [0.15, 0.2) is 29.4 Å². The minimum Gasteiger partial charge on any atom is -0.482 e. The van der Waals surface area contributed by atoms with E-state index in [4.69, 9.17) is 20.7 Å². The molecule has 1 aromatic carbocycles. The van der Waals surface area contributed by atoms with E-state index in [1.807, 2.05) is 19.1 Å². The van der Waals surface area contributed by atoms with Crippen molar-refractivity contribution in [3.8, 4) is 5.75 Å². The average Bonchev–Trinajstić information content (AvgIpc) is 2.43. The van der Waals surface area contributed by atoms with Crippen LogP contribution in [0.3, 0.4) is 0 Å². The molecule has 0 saturated heterocycles. The van der Waals surface area contributed by atoms with Crippen molar-refractivity contribution in [3.63, 3.8) is 0 Å². The molecule has 21 heavy (non-hydrogen) atoms. The maximum Gasteiger partial charge on any atom is 0.344 e. The van der Waals surface area contributed by atoms with E-state index >= 15 is 0 Å². The zero-order valence-corrected chi connectivity index (χ0v) is 12.4. The predicted molar refractivity (Wildman–Crippen MR) is 78.7 cm³/mol. The van der Waals surface area contributed by atoms with Gasteiger partial charge in [-0.3, -0.25) is 0 Å². The summed E-state index contributed by atoms with van der Waals surface area (Å²) >= 11 is 0. The Labute approximate surface area is 123 Å². The van der Waals surface area contributed by atoms with Crippen molar-refractivity contribution >= 4 is 5.97 Å². The zero-order chi connectivity index (χ0) is 15.9. The van der Waals surface area contributed by atoms with Crippen LogP contribution in [0.25, 0.3) is 10.4 Å². The largest absolute Gasteiger partial charge is 0.482 e. The molecule has 7 nitrogen and oxygen atoms in total. The monoisotopic (exact) mass is 292 g/mol. The average molecular weight is 292 g/mol. The van der Waals surface area contributed by atoms with Crippen molar-refractivity contribution in [3.05, 3.63) is 40.3 Å². The summed E-state index contributed by atoms with van der Waals surface area (Å²) in [5.41, 5.74) is 14.1. The molecule has 0 aliphatic carbocycles. The molecular formula is C14H20N4O3. The van der Waals surface area contributed by atoms with Crippen LogP contribution in [0, 0.1) is 0 Å². The highest BCUT2D eigenvalue weighted by Gasteiger charge is 2.22. The molecule has 0 spiro atoms. The van der Waals surface area contributed by atoms with Gasteiger partial charge in [-0.2, -0.15) is 0 Å². The van der Waals surface area contributed by atoms with Crippen LogP contribution in [0.1, 0.15) is 32.4 Å². The SMILES string of the molecule is CC(N)c1cccc(OCC(=O)OC(C)(C)CN=[N+]=[N-])c1. The first kappa shape index (κ1) is 16.8. The van der Waals surface area contributed by atoms with Gasteiger partial charge >= 0.3 is 5.97 Å². The second-order valence-electron chi connectivity index (χ2n) is 5.27. The first-order valence-corrected chi connectivity index (χ1v) is 6.55. The molecule has 0 aliphatic rings. The Morgan fingerprint density at radius 2 is 2.24 bits per heavy atom. The minimum atomic E-state index is -0.861. The molecule has 1 atom stereocenters. The lowest BCUT2D eigenvalue weighted by atomic mass is 10.1. The topological polar surface area (TPSA) is 110 Å². The van der Waals surface area contributed by atoms with Gasteiger partial charge in [0.15, 0.2) is 6.61 Å². The second kappa shape index (κ2) is 7.52. The van der Waals surface area contributed by atoms with E-state index in [1.54, 1.807) is 26.0 Å². The van der Waals surface area contributed by atoms with Gasteiger partial charge in [-0.15, -0.1) is 0 Å². The Morgan fingerprint density at radius 1 is 1.52 bits per heavy atom. The molecule has 0 aromatic heterocycles. The molecule has 7 heteroatoms. The van der Waals surface area contributed by atoms with Gasteiger partial charge in [-0.05, 0) is 44.0 Å². The van der Waals surface area contributed by atoms with Crippen LogP contribution in [0.2, 0.25) is 0 Å². The predicted octanol–water partition coefficient (Wildman–Crippen LogP) is 2.72. The van der Waals surface area contributed by atoms with Gasteiger partial charge in [0.25, 0.3) is 0 Å². The van der Waals surface area contributed by atoms with Crippen LogP contribution >= 0.6 is 0 Å². The van der Waals surface area contributed by atoms with E-state index in [0.29, 0.717) is 5.75 Å². The Balaban J connectivity index is 2.53. The molecule has 114 valence electrons. The fourth-order valence-electron chi connectivity index (χ4n) is 1.60. The van der Waals surface area contributed by atoms with E-state index in [-0.39, 0.29) is 19.2 Å². The maximum absolute atomic E-state index is 11.7. The summed E-state index contributed by atoms with van der Waals surface area (Å²) < 4.78 is 10.6. The van der Waals surface area contributed by atoms with Crippen LogP contribution < -0.4 is 10.5 Å². The highest BCUT2D eigenvalue weighted by atomic mass is 16.6. The van der Waals surface area contributed by atoms with Crippen LogP contribution in [0.5, 0.6) is 5.75 Å². The third-order valence-corrected chi connectivity index (χ3v) is 2.65. The third kappa shape index (κ3) is 6.16. The Kier molecular flexibility index (Phi) is 6.02. The molecule has 0 radical (unpaired) electrons. The molecule has 0 bridgehead atoms. The van der Waals surface area contributed by atoms with E-state index in [9.17, 15) is 4.79 Å². The summed E-state index contributed by atoms with van der Waals surface area (Å²) in [4.78, 5) is 14.3. The van der Waals surface area contributed by atoms with Gasteiger partial charge < -0.3 is 15.2 Å². The molecule has 2 N–H and O–H groups in total. The zero-order valence-electron chi connectivity index (χ0n) is 12.4. The highest BCUT2D eigenvalue weighted by Crippen LogP contribution is 2.18. The highest BCUT2D eigenvalue weighted by molar-refractivity contribution is 5.71. The third-order valence-electron chi connectivity index (χ3n) is 2.65. The van der Waals surface area contributed by atoms with E-state index < -0.39 is 11.6 Å². The van der Waals surface area contributed by atoms with Gasteiger partial charge in [-0.25, -0.2) is 4.79 Å². The summed E-state index contributed by atoms with van der Waals surface area (Å²) in [6.45, 7) is 5.04. The number of hydrogen-bond donors (Lipinski definition) is 1. The van der Waals surface area contributed by atoms with Gasteiger partial charge in [-0.1, -0.05) is 17.2 Å². The van der Waals surface area contributed by atoms with Crippen molar-refractivity contribution in [1.29, 1.82) is 0 Å². The van der Waals surface area contributed by atoms with Crippen LogP contribution in [-0.4, -0.2) is 24.7 Å². The molecule has 0 amide bonds. The van der Waals surface area contributed by atoms with Gasteiger partial charge in [0.05, 0.1) is 6.54 Å². The van der Waals surface area contributed by atoms with E-state index in [1.165, 1.54) is 0 Å². The molecule has 0 heterocycles. The summed E-state index contributed by atoms with van der Waals surface area (Å²) in [6.07, 6.45) is 0. The van der Waals surface area contributed by atoms with Gasteiger partial charge in [0.1, 0.15) is 11.4 Å². The first-order chi connectivity index (χ1) is 9.84. The van der Waals surface area contributed by atoms with Crippen molar-refractivity contribution in [1.82, 2.24) is 0 Å². The lowest BCUT2D eigenvalue weighted by molar-refractivity contribution is -0.157. The molecular weight excluding hydrogens is 272 g/mol. The fraction of sp³-hybridized carbons (Fsp3) is 0.500. The number of carbonyl (C=O) groups is 1. The number of nitrogens with zero attached hydrogens (tertiary/aromatic N) is 3. The lowest BCUT2D eigenvalue weighted by Gasteiger charge is -2.22. The van der Waals surface area contributed by atoms with Crippen molar-refractivity contribution in [2.45, 2.75) is 32.4 Å². The molecule has 1 aromatic rings. The molecule has 0 fully saturated rings. The number of azide groups is 1. The molecule has 1 unspecified atom stereocenters. The smallest absolute Gasteiger partial charge is 0.344 e. The quantitative estimate of drug-likeness (QED) is 0.360. The number of esters is 1. The first-order valence-electron chi connectivity index (χ1n) is 6.55. The number of nitrogens with two attached hydrogens (primary N) is 1. The normalized spacial score (nSPS) is 12.2. The van der Waals surface area contributed by atoms with Crippen molar-refractivity contribution in [2.24, 2.45) is 10.8 Å². The number of benzene rings is 1. The molecule has 1 rings (SSSR count). The lowest BCUT2D eigenvalue weighted by Crippen LogP contribution is -2.33. The molecule has 0 aliphatic heterocycles. The Bertz CT molecular complexity index is 537. The van der Waals surface area contributed by atoms with Crippen LogP contribution in [-0.2, 0) is 9.53 Å². The van der Waals surface area contributed by atoms with Gasteiger partial charge in [0, 0.05) is 11.0 Å². The summed E-state index contributed by atoms with van der Waals surface area (Å²) in [5, 5.41) is 3.39. The Hall–Kier alpha value is -2.24. The fourth-order valence-corrected chi connectivity index (χ4v) is 1.60. The maximum atomic E-state index is 11.7.